The summed E-state index contributed by atoms with van der Waals surface area (Å²) in [5, 5.41) is 10.6. The second-order valence-corrected chi connectivity index (χ2v) is 6.04. The number of para-hydroxylation sites is 1. The van der Waals surface area contributed by atoms with Crippen molar-refractivity contribution in [2.45, 2.75) is 0 Å². The Hall–Kier alpha value is -3.33. The van der Waals surface area contributed by atoms with Crippen LogP contribution in [0.5, 0.6) is 5.75 Å². The summed E-state index contributed by atoms with van der Waals surface area (Å²) in [5.74, 6) is 0.183. The van der Waals surface area contributed by atoms with Gasteiger partial charge in [-0.15, -0.1) is 0 Å². The first-order valence-corrected chi connectivity index (χ1v) is 8.13. The summed E-state index contributed by atoms with van der Waals surface area (Å²) in [6, 6.07) is 24.7. The van der Waals surface area contributed by atoms with Gasteiger partial charge in [-0.2, -0.15) is 0 Å². The SMILES string of the molecule is Cn1c(=O)c(-c2ccc(O)cc2)c(-c2ccccc2)c2ccccc21. The monoisotopic (exact) mass is 327 g/mol. The number of nitrogens with zero attached hydrogens (tertiary/aromatic N) is 1. The molecule has 0 radical (unpaired) electrons. The average Bonchev–Trinajstić information content (AvgIpc) is 2.66. The number of aromatic hydroxyl groups is 1. The molecule has 1 N–H and O–H groups in total. The molecule has 0 atom stereocenters. The van der Waals surface area contributed by atoms with Crippen molar-refractivity contribution in [2.75, 3.05) is 0 Å². The minimum atomic E-state index is -0.0526. The summed E-state index contributed by atoms with van der Waals surface area (Å²) >= 11 is 0. The van der Waals surface area contributed by atoms with E-state index in [1.807, 2.05) is 54.6 Å². The van der Waals surface area contributed by atoms with Crippen LogP contribution in [0.1, 0.15) is 0 Å². The number of phenols is 1. The highest BCUT2D eigenvalue weighted by atomic mass is 16.3. The summed E-state index contributed by atoms with van der Waals surface area (Å²) in [6.45, 7) is 0. The lowest BCUT2D eigenvalue weighted by Gasteiger charge is -2.16. The molecule has 25 heavy (non-hydrogen) atoms. The quantitative estimate of drug-likeness (QED) is 0.585. The summed E-state index contributed by atoms with van der Waals surface area (Å²) in [7, 11) is 1.79. The first kappa shape index (κ1) is 15.2. The lowest BCUT2D eigenvalue weighted by atomic mass is 9.92. The second-order valence-electron chi connectivity index (χ2n) is 6.04. The fraction of sp³-hybridized carbons (Fsp3) is 0.0455. The predicted molar refractivity (Wildman–Crippen MR) is 102 cm³/mol. The lowest BCUT2D eigenvalue weighted by Crippen LogP contribution is -2.20. The Morgan fingerprint density at radius 1 is 0.720 bits per heavy atom. The molecule has 0 saturated carbocycles. The Labute approximate surface area is 145 Å². The third-order valence-electron chi connectivity index (χ3n) is 4.52. The van der Waals surface area contributed by atoms with E-state index in [9.17, 15) is 9.90 Å². The maximum absolute atomic E-state index is 13.2. The molecule has 0 aliphatic heterocycles. The van der Waals surface area contributed by atoms with Crippen LogP contribution in [-0.4, -0.2) is 9.67 Å². The molecular weight excluding hydrogens is 310 g/mol. The highest BCUT2D eigenvalue weighted by Crippen LogP contribution is 2.35. The van der Waals surface area contributed by atoms with Gasteiger partial charge in [-0.1, -0.05) is 60.7 Å². The van der Waals surface area contributed by atoms with Gasteiger partial charge >= 0.3 is 0 Å². The zero-order valence-electron chi connectivity index (χ0n) is 13.8. The van der Waals surface area contributed by atoms with Crippen LogP contribution in [0, 0.1) is 0 Å². The maximum Gasteiger partial charge on any atom is 0.259 e. The van der Waals surface area contributed by atoms with E-state index in [1.54, 1.807) is 35.9 Å². The highest BCUT2D eigenvalue weighted by Gasteiger charge is 2.17. The number of hydrogen-bond donors (Lipinski definition) is 1. The molecule has 0 unspecified atom stereocenters. The van der Waals surface area contributed by atoms with Crippen molar-refractivity contribution in [3.05, 3.63) is 89.2 Å². The molecule has 0 saturated heterocycles. The molecule has 4 rings (SSSR count). The highest BCUT2D eigenvalue weighted by molar-refractivity contribution is 6.02. The molecule has 1 heterocycles. The molecule has 3 heteroatoms. The van der Waals surface area contributed by atoms with Crippen molar-refractivity contribution >= 4 is 10.9 Å². The first-order chi connectivity index (χ1) is 12.2. The van der Waals surface area contributed by atoms with Gasteiger partial charge in [-0.3, -0.25) is 4.79 Å². The van der Waals surface area contributed by atoms with Gasteiger partial charge in [0.15, 0.2) is 0 Å². The van der Waals surface area contributed by atoms with Crippen LogP contribution in [0.2, 0.25) is 0 Å². The third-order valence-corrected chi connectivity index (χ3v) is 4.52. The van der Waals surface area contributed by atoms with E-state index in [4.69, 9.17) is 0 Å². The molecule has 0 aliphatic rings. The van der Waals surface area contributed by atoms with Crippen LogP contribution in [0.25, 0.3) is 33.2 Å². The van der Waals surface area contributed by atoms with E-state index in [1.165, 1.54) is 0 Å². The van der Waals surface area contributed by atoms with Gasteiger partial charge in [0.25, 0.3) is 5.56 Å². The van der Waals surface area contributed by atoms with Crippen molar-refractivity contribution in [2.24, 2.45) is 7.05 Å². The van der Waals surface area contributed by atoms with Crippen LogP contribution in [0.15, 0.2) is 83.7 Å². The maximum atomic E-state index is 13.2. The van der Waals surface area contributed by atoms with Crippen LogP contribution in [0.3, 0.4) is 0 Å². The lowest BCUT2D eigenvalue weighted by molar-refractivity contribution is 0.475. The normalized spacial score (nSPS) is 10.9. The molecule has 3 aromatic carbocycles. The number of rotatable bonds is 2. The first-order valence-electron chi connectivity index (χ1n) is 8.13. The van der Waals surface area contributed by atoms with Gasteiger partial charge in [0.05, 0.1) is 11.1 Å². The Bertz CT molecular complexity index is 1110. The molecule has 3 nitrogen and oxygen atoms in total. The third kappa shape index (κ3) is 2.50. The molecule has 4 aromatic rings. The number of pyridine rings is 1. The molecule has 0 bridgehead atoms. The van der Waals surface area contributed by atoms with Crippen LogP contribution >= 0.6 is 0 Å². The largest absolute Gasteiger partial charge is 0.508 e. The standard InChI is InChI=1S/C22H17NO2/c1-23-19-10-6-5-9-18(19)20(15-7-3-2-4-8-15)21(22(23)25)16-11-13-17(24)14-12-16/h2-14,24H,1H3. The summed E-state index contributed by atoms with van der Waals surface area (Å²) in [6.07, 6.45) is 0. The smallest absolute Gasteiger partial charge is 0.259 e. The van der Waals surface area contributed by atoms with E-state index in [-0.39, 0.29) is 11.3 Å². The Morgan fingerprint density at radius 2 is 1.32 bits per heavy atom. The number of aryl methyl sites for hydroxylation is 1. The van der Waals surface area contributed by atoms with Crippen LogP contribution in [0.4, 0.5) is 0 Å². The number of benzene rings is 3. The number of fused-ring (bicyclic) bond motifs is 1. The van der Waals surface area contributed by atoms with Gasteiger partial charge in [-0.25, -0.2) is 0 Å². The van der Waals surface area contributed by atoms with E-state index >= 15 is 0 Å². The fourth-order valence-electron chi connectivity index (χ4n) is 3.30. The average molecular weight is 327 g/mol. The van der Waals surface area contributed by atoms with Crippen molar-refractivity contribution in [1.29, 1.82) is 0 Å². The summed E-state index contributed by atoms with van der Waals surface area (Å²) in [4.78, 5) is 13.2. The van der Waals surface area contributed by atoms with Crippen molar-refractivity contribution < 1.29 is 5.11 Å². The molecular formula is C22H17NO2. The zero-order chi connectivity index (χ0) is 17.4. The van der Waals surface area contributed by atoms with E-state index < -0.39 is 0 Å². The molecule has 0 fully saturated rings. The summed E-state index contributed by atoms with van der Waals surface area (Å²) < 4.78 is 1.68. The number of phenolic OH excluding ortho intramolecular Hbond substituents is 1. The van der Waals surface area contributed by atoms with Crippen molar-refractivity contribution in [1.82, 2.24) is 4.57 Å². The summed E-state index contributed by atoms with van der Waals surface area (Å²) in [5.41, 5.74) is 4.21. The van der Waals surface area contributed by atoms with Gasteiger partial charge in [0.2, 0.25) is 0 Å². The van der Waals surface area contributed by atoms with Crippen LogP contribution < -0.4 is 5.56 Å². The topological polar surface area (TPSA) is 42.2 Å². The van der Waals surface area contributed by atoms with E-state index in [0.29, 0.717) is 5.56 Å². The van der Waals surface area contributed by atoms with Gasteiger partial charge in [0, 0.05) is 18.0 Å². The van der Waals surface area contributed by atoms with Gasteiger partial charge in [0.1, 0.15) is 5.75 Å². The van der Waals surface area contributed by atoms with E-state index in [2.05, 4.69) is 0 Å². The van der Waals surface area contributed by atoms with Crippen LogP contribution in [-0.2, 0) is 7.05 Å². The predicted octanol–water partition coefficient (Wildman–Crippen LogP) is 4.58. The molecule has 0 amide bonds. The fourth-order valence-corrected chi connectivity index (χ4v) is 3.30. The minimum absolute atomic E-state index is 0.0526. The number of aromatic nitrogens is 1. The number of hydrogen-bond acceptors (Lipinski definition) is 2. The molecule has 122 valence electrons. The minimum Gasteiger partial charge on any atom is -0.508 e. The van der Waals surface area contributed by atoms with Crippen molar-refractivity contribution in [3.8, 4) is 28.0 Å². The molecule has 0 spiro atoms. The van der Waals surface area contributed by atoms with Gasteiger partial charge < -0.3 is 9.67 Å². The van der Waals surface area contributed by atoms with E-state index in [0.717, 1.165) is 27.6 Å². The molecule has 0 aliphatic carbocycles. The second kappa shape index (κ2) is 5.95. The Morgan fingerprint density at radius 3 is 2.04 bits per heavy atom. The zero-order valence-corrected chi connectivity index (χ0v) is 13.8. The van der Waals surface area contributed by atoms with Crippen molar-refractivity contribution in [3.63, 3.8) is 0 Å². The Balaban J connectivity index is 2.19. The molecule has 1 aromatic heterocycles. The Kier molecular flexibility index (Phi) is 3.62. The van der Waals surface area contributed by atoms with Gasteiger partial charge in [-0.05, 0) is 29.3 Å².